The second-order valence-corrected chi connectivity index (χ2v) is 18.8. The molecule has 10 heteroatoms. The first-order chi connectivity index (χ1) is 25.6. The normalized spacial score (nSPS) is 31.2. The topological polar surface area (TPSA) is 132 Å². The Hall–Kier alpha value is -2.85. The Labute approximate surface area is 332 Å². The average molecular weight is 775 g/mol. The molecule has 4 rings (SSSR count). The first-order valence-electron chi connectivity index (χ1n) is 20.4. The molecule has 3 fully saturated rings. The number of hydrogen-bond acceptors (Lipinski definition) is 10. The Kier molecular flexibility index (Phi) is 17.6. The van der Waals surface area contributed by atoms with E-state index in [1.54, 1.807) is 27.9 Å². The van der Waals surface area contributed by atoms with Crippen LogP contribution in [0.3, 0.4) is 0 Å². The van der Waals surface area contributed by atoms with Crippen molar-refractivity contribution in [1.82, 2.24) is 0 Å². The Morgan fingerprint density at radius 3 is 2.15 bits per heavy atom. The van der Waals surface area contributed by atoms with Crippen molar-refractivity contribution in [3.8, 4) is 0 Å². The maximum Gasteiger partial charge on any atom is 0.334 e. The number of hydrogen-bond donors (Lipinski definition) is 0. The molecule has 55 heavy (non-hydrogen) atoms. The summed E-state index contributed by atoms with van der Waals surface area (Å²) in [5.74, 6) is -0.675. The van der Waals surface area contributed by atoms with Gasteiger partial charge in [-0.1, -0.05) is 80.0 Å². The van der Waals surface area contributed by atoms with Gasteiger partial charge in [0.05, 0.1) is 25.2 Å². The van der Waals surface area contributed by atoms with E-state index in [1.165, 1.54) is 25.5 Å². The molecule has 0 bridgehead atoms. The van der Waals surface area contributed by atoms with Crippen LogP contribution in [0, 0.1) is 50.7 Å². The fraction of sp³-hybridized carbons (Fsp3) is 0.800. The van der Waals surface area contributed by atoms with Crippen LogP contribution in [0.4, 0.5) is 0 Å². The first kappa shape index (κ1) is 48.3. The number of aldehydes is 2. The number of rotatable bonds is 12. The number of carbonyl (C=O) groups is 5. The van der Waals surface area contributed by atoms with Crippen molar-refractivity contribution in [1.29, 1.82) is 0 Å². The van der Waals surface area contributed by atoms with Gasteiger partial charge in [0.25, 0.3) is 0 Å². The highest BCUT2D eigenvalue weighted by molar-refractivity contribution is 5.82. The number of ether oxygens (including phenoxy) is 5. The molecule has 0 radical (unpaired) electrons. The molecule has 10 nitrogen and oxygen atoms in total. The second kappa shape index (κ2) is 20.0. The standard InChI is InChI=1S/C27H44O7.C16H24O3.C2H6/c1-18-10-12-21-26(5,6)14-9-15-27(21,7)19(18)16-32-20(23(29)31-8)11-13-22(28)33-17-34-24(30)25(2,3)4;1-15(2)7-12(19-4)8-16(3)13(10-18)11(9-17)5-6-14(15)16;1-2/h19-21H,1,9-17H2,2-8H3;5,9-10,12-14H,6-8H2,1-4H3;1-2H3/t19?,20?,21-,27?;12-,13?,14-,16?;/m00./s1. The number of carbonyl (C=O) groups excluding carboxylic acids is 5. The van der Waals surface area contributed by atoms with Gasteiger partial charge in [0, 0.05) is 25.4 Å². The minimum atomic E-state index is -0.872. The average Bonchev–Trinajstić information content (AvgIpc) is 3.11. The van der Waals surface area contributed by atoms with Crippen LogP contribution in [-0.4, -0.2) is 70.3 Å². The third-order valence-electron chi connectivity index (χ3n) is 13.3. The van der Waals surface area contributed by atoms with Crippen molar-refractivity contribution in [3.63, 3.8) is 0 Å². The lowest BCUT2D eigenvalue weighted by molar-refractivity contribution is -0.173. The smallest absolute Gasteiger partial charge is 0.334 e. The Balaban J connectivity index is 0.000000418. The Bertz CT molecular complexity index is 1370. The van der Waals surface area contributed by atoms with Crippen molar-refractivity contribution in [3.05, 3.63) is 23.8 Å². The highest BCUT2D eigenvalue weighted by Gasteiger charge is 2.56. The third-order valence-corrected chi connectivity index (χ3v) is 13.3. The molecule has 0 N–H and O–H groups in total. The molecule has 314 valence electrons. The molecule has 0 amide bonds. The summed E-state index contributed by atoms with van der Waals surface area (Å²) in [5.41, 5.74) is 1.46. The van der Waals surface area contributed by atoms with E-state index in [2.05, 4.69) is 48.1 Å². The molecule has 4 aliphatic carbocycles. The predicted octanol–water partition coefficient (Wildman–Crippen LogP) is 9.03. The van der Waals surface area contributed by atoms with Crippen molar-refractivity contribution in [2.45, 2.75) is 153 Å². The summed E-state index contributed by atoms with van der Waals surface area (Å²) in [7, 11) is 3.04. The van der Waals surface area contributed by atoms with Gasteiger partial charge in [-0.3, -0.25) is 14.4 Å². The minimum absolute atomic E-state index is 0.0502. The number of methoxy groups -OCH3 is 2. The highest BCUT2D eigenvalue weighted by Crippen LogP contribution is 2.61. The van der Waals surface area contributed by atoms with E-state index in [1.807, 2.05) is 19.9 Å². The molecular formula is C45H74O10. The van der Waals surface area contributed by atoms with E-state index in [0.717, 1.165) is 51.1 Å². The van der Waals surface area contributed by atoms with Crippen LogP contribution >= 0.6 is 0 Å². The molecule has 0 saturated heterocycles. The van der Waals surface area contributed by atoms with Crippen LogP contribution in [0.25, 0.3) is 0 Å². The van der Waals surface area contributed by atoms with E-state index in [-0.39, 0.29) is 52.4 Å². The van der Waals surface area contributed by atoms with Gasteiger partial charge >= 0.3 is 17.9 Å². The van der Waals surface area contributed by atoms with E-state index in [9.17, 15) is 24.0 Å². The van der Waals surface area contributed by atoms with Gasteiger partial charge in [-0.05, 0) is 111 Å². The SMILES string of the molecule is C=C1CC[C@H]2C(C)(C)CCCC2(C)C1COC(CCC(=O)OCOC(=O)C(C)(C)C)C(=O)OC.CC.CO[C@H]1CC(C)(C)[C@@H]2CC=C(C=O)C(C=O)C2(C)C1. The molecule has 0 aromatic rings. The van der Waals surface area contributed by atoms with Crippen LogP contribution in [0.2, 0.25) is 0 Å². The molecule has 0 spiro atoms. The fourth-order valence-electron chi connectivity index (χ4n) is 10.4. The monoisotopic (exact) mass is 775 g/mol. The number of esters is 3. The maximum atomic E-state index is 12.4. The first-order valence-corrected chi connectivity index (χ1v) is 20.4. The lowest BCUT2D eigenvalue weighted by atomic mass is 9.48. The quantitative estimate of drug-likeness (QED) is 0.0819. The van der Waals surface area contributed by atoms with Crippen molar-refractivity contribution in [2.75, 3.05) is 27.6 Å². The van der Waals surface area contributed by atoms with E-state index < -0.39 is 36.2 Å². The van der Waals surface area contributed by atoms with Gasteiger partial charge in [0.2, 0.25) is 6.79 Å². The van der Waals surface area contributed by atoms with Crippen LogP contribution in [-0.2, 0) is 47.7 Å². The van der Waals surface area contributed by atoms with Gasteiger partial charge in [0.1, 0.15) is 12.6 Å². The Morgan fingerprint density at radius 1 is 0.927 bits per heavy atom. The molecular weight excluding hydrogens is 700 g/mol. The lowest BCUT2D eigenvalue weighted by Crippen LogP contribution is -2.53. The van der Waals surface area contributed by atoms with E-state index in [0.29, 0.717) is 24.0 Å². The molecule has 0 aromatic heterocycles. The fourth-order valence-corrected chi connectivity index (χ4v) is 10.4. The second-order valence-electron chi connectivity index (χ2n) is 18.8. The van der Waals surface area contributed by atoms with Crippen molar-refractivity contribution < 1.29 is 47.7 Å². The summed E-state index contributed by atoms with van der Waals surface area (Å²) < 4.78 is 26.5. The minimum Gasteiger partial charge on any atom is -0.467 e. The predicted molar refractivity (Wildman–Crippen MR) is 214 cm³/mol. The zero-order chi connectivity index (χ0) is 42.0. The van der Waals surface area contributed by atoms with Gasteiger partial charge in [-0.25, -0.2) is 4.79 Å². The molecule has 0 heterocycles. The Morgan fingerprint density at radius 2 is 1.58 bits per heavy atom. The third kappa shape index (κ3) is 11.6. The van der Waals surface area contributed by atoms with Gasteiger partial charge < -0.3 is 28.5 Å². The zero-order valence-corrected chi connectivity index (χ0v) is 36.5. The number of allylic oxidation sites excluding steroid dienone is 2. The molecule has 0 aromatic carbocycles. The zero-order valence-electron chi connectivity index (χ0n) is 36.5. The van der Waals surface area contributed by atoms with Gasteiger partial charge in [0.15, 0.2) is 6.10 Å². The highest BCUT2D eigenvalue weighted by atomic mass is 16.7. The largest absolute Gasteiger partial charge is 0.467 e. The van der Waals surface area contributed by atoms with Crippen LogP contribution in [0.1, 0.15) is 140 Å². The van der Waals surface area contributed by atoms with E-state index in [4.69, 9.17) is 23.7 Å². The summed E-state index contributed by atoms with van der Waals surface area (Å²) in [5, 5.41) is 0. The van der Waals surface area contributed by atoms with Gasteiger partial charge in [-0.2, -0.15) is 0 Å². The van der Waals surface area contributed by atoms with Gasteiger partial charge in [-0.15, -0.1) is 0 Å². The van der Waals surface area contributed by atoms with E-state index >= 15 is 0 Å². The van der Waals surface area contributed by atoms with Crippen LogP contribution in [0.15, 0.2) is 23.8 Å². The summed E-state index contributed by atoms with van der Waals surface area (Å²) in [6.45, 7) is 27.2. The molecule has 8 atom stereocenters. The van der Waals surface area contributed by atoms with Crippen molar-refractivity contribution >= 4 is 30.5 Å². The summed E-state index contributed by atoms with van der Waals surface area (Å²) >= 11 is 0. The van der Waals surface area contributed by atoms with Crippen LogP contribution in [0.5, 0.6) is 0 Å². The van der Waals surface area contributed by atoms with Crippen molar-refractivity contribution in [2.24, 2.45) is 50.7 Å². The molecule has 3 saturated carbocycles. The number of fused-ring (bicyclic) bond motifs is 2. The molecule has 4 aliphatic rings. The van der Waals surface area contributed by atoms with Crippen LogP contribution < -0.4 is 0 Å². The lowest BCUT2D eigenvalue weighted by Gasteiger charge is -2.58. The summed E-state index contributed by atoms with van der Waals surface area (Å²) in [6.07, 6.45) is 11.5. The maximum absolute atomic E-state index is 12.4. The summed E-state index contributed by atoms with van der Waals surface area (Å²) in [4.78, 5) is 59.0. The molecule has 0 aliphatic heterocycles. The molecule has 5 unspecified atom stereocenters. The summed E-state index contributed by atoms with van der Waals surface area (Å²) in [6, 6.07) is 0.